The van der Waals surface area contributed by atoms with Gasteiger partial charge in [0.1, 0.15) is 23.1 Å². The molecule has 22 heavy (non-hydrogen) atoms. The van der Waals surface area contributed by atoms with Crippen molar-refractivity contribution in [1.29, 1.82) is 0 Å². The summed E-state index contributed by atoms with van der Waals surface area (Å²) in [5, 5.41) is 4.47. The van der Waals surface area contributed by atoms with Crippen molar-refractivity contribution < 1.29 is 18.3 Å². The third-order valence-corrected chi connectivity index (χ3v) is 3.15. The molecule has 2 aromatic carbocycles. The van der Waals surface area contributed by atoms with E-state index in [-0.39, 0.29) is 6.73 Å². The number of hydrogen-bond acceptors (Lipinski definition) is 2. The Morgan fingerprint density at radius 3 is 2.41 bits per heavy atom. The fourth-order valence-corrected chi connectivity index (χ4v) is 1.76. The van der Waals surface area contributed by atoms with Gasteiger partial charge >= 0.3 is 6.03 Å². The summed E-state index contributed by atoms with van der Waals surface area (Å²) >= 11 is 0. The predicted octanol–water partition coefficient (Wildman–Crippen LogP) is 3.74. The predicted molar refractivity (Wildman–Crippen MR) is 79.9 cm³/mol. The normalized spacial score (nSPS) is 10.2. The highest BCUT2D eigenvalue weighted by atomic mass is 19.1. The lowest BCUT2D eigenvalue weighted by molar-refractivity contribution is 0.234. The number of nitrogens with one attached hydrogen (secondary N) is 2. The van der Waals surface area contributed by atoms with Crippen LogP contribution in [0, 0.1) is 25.5 Å². The van der Waals surface area contributed by atoms with E-state index in [4.69, 9.17) is 4.74 Å². The average molecular weight is 306 g/mol. The van der Waals surface area contributed by atoms with Gasteiger partial charge in [0, 0.05) is 0 Å². The molecule has 0 heterocycles. The van der Waals surface area contributed by atoms with E-state index in [0.717, 1.165) is 23.3 Å². The van der Waals surface area contributed by atoms with Gasteiger partial charge in [0.25, 0.3) is 0 Å². The van der Waals surface area contributed by atoms with E-state index >= 15 is 0 Å². The molecule has 116 valence electrons. The van der Waals surface area contributed by atoms with E-state index in [1.807, 2.05) is 26.0 Å². The van der Waals surface area contributed by atoms with Crippen LogP contribution in [0.25, 0.3) is 0 Å². The third kappa shape index (κ3) is 3.94. The molecule has 0 aliphatic heterocycles. The zero-order valence-electron chi connectivity index (χ0n) is 12.2. The van der Waals surface area contributed by atoms with E-state index in [1.165, 1.54) is 6.07 Å². The van der Waals surface area contributed by atoms with Crippen LogP contribution in [0.4, 0.5) is 19.3 Å². The number of carbonyl (C=O) groups excluding carboxylic acids is 1. The van der Waals surface area contributed by atoms with Crippen LogP contribution in [0.5, 0.6) is 5.75 Å². The van der Waals surface area contributed by atoms with Crippen molar-refractivity contribution in [3.05, 3.63) is 59.2 Å². The minimum atomic E-state index is -0.842. The number of para-hydroxylation sites is 1. The maximum Gasteiger partial charge on any atom is 0.322 e. The molecule has 0 spiro atoms. The van der Waals surface area contributed by atoms with Crippen LogP contribution in [-0.2, 0) is 0 Å². The average Bonchev–Trinajstić information content (AvgIpc) is 2.47. The first-order valence-corrected chi connectivity index (χ1v) is 6.66. The molecule has 2 N–H and O–H groups in total. The molecule has 0 unspecified atom stereocenters. The standard InChI is InChI=1S/C16H16F2N2O2/c1-10-6-7-12(8-11(10)2)22-9-19-16(21)20-15-13(17)4-3-5-14(15)18/h3-8H,9H2,1-2H3,(H2,19,20,21). The molecular formula is C16H16F2N2O2. The topological polar surface area (TPSA) is 50.4 Å². The molecule has 0 fully saturated rings. The van der Waals surface area contributed by atoms with Crippen molar-refractivity contribution in [1.82, 2.24) is 5.32 Å². The molecule has 0 aromatic heterocycles. The first-order valence-electron chi connectivity index (χ1n) is 6.66. The van der Waals surface area contributed by atoms with Gasteiger partial charge in [-0.05, 0) is 49.2 Å². The van der Waals surface area contributed by atoms with Crippen LogP contribution in [0.2, 0.25) is 0 Å². The Bertz CT molecular complexity index is 670. The summed E-state index contributed by atoms with van der Waals surface area (Å²) in [4.78, 5) is 11.6. The summed E-state index contributed by atoms with van der Waals surface area (Å²) in [5.41, 5.74) is 1.70. The molecule has 4 nitrogen and oxygen atoms in total. The number of anilines is 1. The lowest BCUT2D eigenvalue weighted by Crippen LogP contribution is -2.32. The zero-order valence-corrected chi connectivity index (χ0v) is 12.2. The van der Waals surface area contributed by atoms with E-state index < -0.39 is 23.4 Å². The van der Waals surface area contributed by atoms with Crippen LogP contribution >= 0.6 is 0 Å². The molecule has 6 heteroatoms. The van der Waals surface area contributed by atoms with Crippen molar-refractivity contribution in [2.45, 2.75) is 13.8 Å². The summed E-state index contributed by atoms with van der Waals surface area (Å²) in [6.45, 7) is 3.81. The quantitative estimate of drug-likeness (QED) is 0.845. The van der Waals surface area contributed by atoms with Crippen LogP contribution in [0.1, 0.15) is 11.1 Å². The maximum atomic E-state index is 13.4. The molecule has 0 atom stereocenters. The van der Waals surface area contributed by atoms with E-state index in [0.29, 0.717) is 5.75 Å². The van der Waals surface area contributed by atoms with Crippen molar-refractivity contribution >= 4 is 11.7 Å². The number of halogens is 2. The van der Waals surface area contributed by atoms with Crippen LogP contribution in [0.3, 0.4) is 0 Å². The number of amides is 2. The SMILES string of the molecule is Cc1ccc(OCNC(=O)Nc2c(F)cccc2F)cc1C. The fraction of sp³-hybridized carbons (Fsp3) is 0.188. The van der Waals surface area contributed by atoms with Gasteiger partial charge in [-0.2, -0.15) is 0 Å². The highest BCUT2D eigenvalue weighted by Crippen LogP contribution is 2.18. The van der Waals surface area contributed by atoms with Crippen molar-refractivity contribution in [2.24, 2.45) is 0 Å². The largest absolute Gasteiger partial charge is 0.473 e. The van der Waals surface area contributed by atoms with Gasteiger partial charge in [-0.25, -0.2) is 13.6 Å². The smallest absolute Gasteiger partial charge is 0.322 e. The van der Waals surface area contributed by atoms with Gasteiger partial charge in [-0.1, -0.05) is 12.1 Å². The summed E-state index contributed by atoms with van der Waals surface area (Å²) < 4.78 is 32.1. The number of benzene rings is 2. The van der Waals surface area contributed by atoms with Gasteiger partial charge in [0.05, 0.1) is 0 Å². The minimum absolute atomic E-state index is 0.121. The van der Waals surface area contributed by atoms with Crippen molar-refractivity contribution in [3.8, 4) is 5.75 Å². The van der Waals surface area contributed by atoms with Gasteiger partial charge in [-0.15, -0.1) is 0 Å². The second-order valence-electron chi connectivity index (χ2n) is 4.76. The Labute approximate surface area is 127 Å². The van der Waals surface area contributed by atoms with Gasteiger partial charge in [-0.3, -0.25) is 0 Å². The molecule has 0 aliphatic carbocycles. The summed E-state index contributed by atoms with van der Waals surface area (Å²) in [6.07, 6.45) is 0. The monoisotopic (exact) mass is 306 g/mol. The Morgan fingerprint density at radius 1 is 1.09 bits per heavy atom. The number of carbonyl (C=O) groups is 1. The van der Waals surface area contributed by atoms with Crippen molar-refractivity contribution in [2.75, 3.05) is 12.0 Å². The maximum absolute atomic E-state index is 13.4. The van der Waals surface area contributed by atoms with Crippen LogP contribution in [-0.4, -0.2) is 12.8 Å². The number of urea groups is 1. The lowest BCUT2D eigenvalue weighted by Gasteiger charge is -2.11. The molecule has 2 aromatic rings. The molecule has 0 saturated carbocycles. The molecule has 2 amide bonds. The molecule has 0 bridgehead atoms. The first-order chi connectivity index (χ1) is 10.5. The Morgan fingerprint density at radius 2 is 1.77 bits per heavy atom. The zero-order chi connectivity index (χ0) is 16.1. The second-order valence-corrected chi connectivity index (χ2v) is 4.76. The van der Waals surface area contributed by atoms with Gasteiger partial charge < -0.3 is 15.4 Å². The fourth-order valence-electron chi connectivity index (χ4n) is 1.76. The lowest BCUT2D eigenvalue weighted by atomic mass is 10.1. The van der Waals surface area contributed by atoms with Crippen molar-refractivity contribution in [3.63, 3.8) is 0 Å². The summed E-state index contributed by atoms with van der Waals surface area (Å²) in [5.74, 6) is -1.09. The number of ether oxygens (including phenoxy) is 1. The molecular weight excluding hydrogens is 290 g/mol. The number of hydrogen-bond donors (Lipinski definition) is 2. The van der Waals surface area contributed by atoms with Gasteiger partial charge in [0.15, 0.2) is 6.73 Å². The van der Waals surface area contributed by atoms with E-state index in [9.17, 15) is 13.6 Å². The van der Waals surface area contributed by atoms with Gasteiger partial charge in [0.2, 0.25) is 0 Å². The molecule has 2 rings (SSSR count). The Hall–Kier alpha value is -2.63. The number of rotatable bonds is 4. The summed E-state index contributed by atoms with van der Waals surface area (Å²) in [6, 6.07) is 8.10. The third-order valence-electron chi connectivity index (χ3n) is 3.15. The van der Waals surface area contributed by atoms with Crippen LogP contribution < -0.4 is 15.4 Å². The number of aryl methyl sites for hydroxylation is 2. The molecule has 0 saturated heterocycles. The Balaban J connectivity index is 1.86. The summed E-state index contributed by atoms with van der Waals surface area (Å²) in [7, 11) is 0. The van der Waals surface area contributed by atoms with E-state index in [2.05, 4.69) is 10.6 Å². The Kier molecular flexibility index (Phi) is 4.93. The molecule has 0 aliphatic rings. The first kappa shape index (κ1) is 15.8. The van der Waals surface area contributed by atoms with E-state index in [1.54, 1.807) is 6.07 Å². The second kappa shape index (κ2) is 6.89. The minimum Gasteiger partial charge on any atom is -0.473 e. The highest BCUT2D eigenvalue weighted by molar-refractivity contribution is 5.89. The van der Waals surface area contributed by atoms with Crippen LogP contribution in [0.15, 0.2) is 36.4 Å². The molecule has 0 radical (unpaired) electrons. The highest BCUT2D eigenvalue weighted by Gasteiger charge is 2.11.